The summed E-state index contributed by atoms with van der Waals surface area (Å²) in [7, 11) is 0. The minimum atomic E-state index is 0.744. The van der Waals surface area contributed by atoms with Crippen molar-refractivity contribution >= 4 is 0 Å². The topological polar surface area (TPSA) is 12.0 Å². The molecule has 0 amide bonds. The van der Waals surface area contributed by atoms with E-state index in [1.165, 1.54) is 32.1 Å². The van der Waals surface area contributed by atoms with Crippen molar-refractivity contribution in [2.24, 2.45) is 23.7 Å². The maximum atomic E-state index is 3.94. The molecule has 6 atom stereocenters. The van der Waals surface area contributed by atoms with Crippen LogP contribution in [-0.4, -0.2) is 12.1 Å². The fourth-order valence-electron chi connectivity index (χ4n) is 3.96. The summed E-state index contributed by atoms with van der Waals surface area (Å²) in [6, 6.07) is 1.55. The van der Waals surface area contributed by atoms with Gasteiger partial charge in [-0.1, -0.05) is 33.6 Å². The van der Waals surface area contributed by atoms with Gasteiger partial charge in [-0.05, 0) is 49.9 Å². The van der Waals surface area contributed by atoms with Gasteiger partial charge in [0.1, 0.15) is 0 Å². The van der Waals surface area contributed by atoms with Crippen molar-refractivity contribution in [1.29, 1.82) is 0 Å². The zero-order valence-electron chi connectivity index (χ0n) is 11.5. The number of hydrogen-bond donors (Lipinski definition) is 1. The monoisotopic (exact) mass is 223 g/mol. The molecule has 2 aliphatic rings. The Labute approximate surface area is 101 Å². The van der Waals surface area contributed by atoms with Gasteiger partial charge >= 0.3 is 0 Å². The smallest absolute Gasteiger partial charge is 0.0100 e. The Kier molecular flexibility index (Phi) is 3.94. The summed E-state index contributed by atoms with van der Waals surface area (Å²) in [5.41, 5.74) is 0. The quantitative estimate of drug-likeness (QED) is 0.763. The van der Waals surface area contributed by atoms with Crippen LogP contribution in [0.4, 0.5) is 0 Å². The van der Waals surface area contributed by atoms with Gasteiger partial charge in [-0.2, -0.15) is 0 Å². The molecule has 0 aromatic carbocycles. The van der Waals surface area contributed by atoms with Crippen LogP contribution in [0.5, 0.6) is 0 Å². The van der Waals surface area contributed by atoms with Crippen LogP contribution in [0.1, 0.15) is 59.8 Å². The lowest BCUT2D eigenvalue weighted by atomic mass is 9.71. The SMILES string of the molecule is CCC1CC(C)CC1NC(C)C1CCC1C. The summed E-state index contributed by atoms with van der Waals surface area (Å²) in [5.74, 6) is 3.79. The molecule has 0 spiro atoms. The second-order valence-electron chi connectivity index (χ2n) is 6.53. The molecule has 1 nitrogen and oxygen atoms in total. The molecule has 0 radical (unpaired) electrons. The molecule has 0 saturated heterocycles. The molecule has 0 heterocycles. The van der Waals surface area contributed by atoms with Gasteiger partial charge in [0.25, 0.3) is 0 Å². The van der Waals surface area contributed by atoms with Crippen molar-refractivity contribution < 1.29 is 0 Å². The lowest BCUT2D eigenvalue weighted by Crippen LogP contribution is -2.47. The molecule has 2 fully saturated rings. The fraction of sp³-hybridized carbons (Fsp3) is 1.00. The predicted octanol–water partition coefficient (Wildman–Crippen LogP) is 3.84. The average Bonchev–Trinajstić information content (AvgIpc) is 2.56. The lowest BCUT2D eigenvalue weighted by Gasteiger charge is -2.40. The van der Waals surface area contributed by atoms with Gasteiger partial charge in [0.15, 0.2) is 0 Å². The van der Waals surface area contributed by atoms with Crippen molar-refractivity contribution in [2.75, 3.05) is 0 Å². The molecular weight excluding hydrogens is 194 g/mol. The maximum Gasteiger partial charge on any atom is 0.0100 e. The second kappa shape index (κ2) is 5.08. The third-order valence-electron chi connectivity index (χ3n) is 5.26. The summed E-state index contributed by atoms with van der Waals surface area (Å²) < 4.78 is 0. The van der Waals surface area contributed by atoms with Gasteiger partial charge in [-0.3, -0.25) is 0 Å². The Morgan fingerprint density at radius 3 is 2.44 bits per heavy atom. The fourth-order valence-corrected chi connectivity index (χ4v) is 3.96. The van der Waals surface area contributed by atoms with E-state index < -0.39 is 0 Å². The van der Waals surface area contributed by atoms with E-state index in [1.807, 2.05) is 0 Å². The molecular formula is C15H29N. The molecule has 2 aliphatic carbocycles. The van der Waals surface area contributed by atoms with E-state index in [0.717, 1.165) is 35.8 Å². The predicted molar refractivity (Wildman–Crippen MR) is 70.5 cm³/mol. The van der Waals surface area contributed by atoms with E-state index in [0.29, 0.717) is 0 Å². The Hall–Kier alpha value is -0.0400. The minimum absolute atomic E-state index is 0.744. The Morgan fingerprint density at radius 1 is 1.19 bits per heavy atom. The largest absolute Gasteiger partial charge is 0.311 e. The van der Waals surface area contributed by atoms with Crippen molar-refractivity contribution in [2.45, 2.75) is 71.9 Å². The zero-order valence-corrected chi connectivity index (χ0v) is 11.5. The summed E-state index contributed by atoms with van der Waals surface area (Å²) in [6.45, 7) is 9.60. The van der Waals surface area contributed by atoms with E-state index in [2.05, 4.69) is 33.0 Å². The highest BCUT2D eigenvalue weighted by atomic mass is 15.0. The van der Waals surface area contributed by atoms with E-state index >= 15 is 0 Å². The van der Waals surface area contributed by atoms with Gasteiger partial charge in [-0.25, -0.2) is 0 Å². The van der Waals surface area contributed by atoms with Crippen molar-refractivity contribution in [3.8, 4) is 0 Å². The van der Waals surface area contributed by atoms with Gasteiger partial charge in [0.2, 0.25) is 0 Å². The van der Waals surface area contributed by atoms with E-state index in [-0.39, 0.29) is 0 Å². The highest BCUT2D eigenvalue weighted by Gasteiger charge is 2.36. The minimum Gasteiger partial charge on any atom is -0.311 e. The highest BCUT2D eigenvalue weighted by Crippen LogP contribution is 2.38. The second-order valence-corrected chi connectivity index (χ2v) is 6.53. The summed E-state index contributed by atoms with van der Waals surface area (Å²) in [6.07, 6.45) is 7.11. The maximum absolute atomic E-state index is 3.94. The van der Waals surface area contributed by atoms with Crippen LogP contribution in [0.3, 0.4) is 0 Å². The lowest BCUT2D eigenvalue weighted by molar-refractivity contribution is 0.135. The summed E-state index contributed by atoms with van der Waals surface area (Å²) >= 11 is 0. The first kappa shape index (κ1) is 12.4. The first-order chi connectivity index (χ1) is 7.61. The molecule has 0 aliphatic heterocycles. The number of rotatable bonds is 4. The van der Waals surface area contributed by atoms with Gasteiger partial charge in [-0.15, -0.1) is 0 Å². The molecule has 94 valence electrons. The first-order valence-electron chi connectivity index (χ1n) is 7.37. The van der Waals surface area contributed by atoms with Crippen LogP contribution in [0, 0.1) is 23.7 Å². The Morgan fingerprint density at radius 2 is 1.94 bits per heavy atom. The molecule has 2 rings (SSSR count). The van der Waals surface area contributed by atoms with E-state index in [4.69, 9.17) is 0 Å². The Balaban J connectivity index is 1.83. The molecule has 1 heteroatoms. The van der Waals surface area contributed by atoms with Gasteiger partial charge < -0.3 is 5.32 Å². The van der Waals surface area contributed by atoms with E-state index in [9.17, 15) is 0 Å². The standard InChI is InChI=1S/C15H29N/c1-5-13-8-10(2)9-15(13)16-12(4)14-7-6-11(14)3/h10-16H,5-9H2,1-4H3. The van der Waals surface area contributed by atoms with Crippen LogP contribution >= 0.6 is 0 Å². The molecule has 2 saturated carbocycles. The molecule has 0 bridgehead atoms. The third-order valence-corrected chi connectivity index (χ3v) is 5.26. The molecule has 0 aromatic rings. The molecule has 1 N–H and O–H groups in total. The van der Waals surface area contributed by atoms with Crippen LogP contribution in [0.2, 0.25) is 0 Å². The van der Waals surface area contributed by atoms with Crippen LogP contribution in [0.25, 0.3) is 0 Å². The van der Waals surface area contributed by atoms with Gasteiger partial charge in [0, 0.05) is 12.1 Å². The number of hydrogen-bond acceptors (Lipinski definition) is 1. The Bertz CT molecular complexity index is 225. The van der Waals surface area contributed by atoms with Crippen molar-refractivity contribution in [3.63, 3.8) is 0 Å². The summed E-state index contributed by atoms with van der Waals surface area (Å²) in [5, 5.41) is 3.94. The molecule has 6 unspecified atom stereocenters. The molecule has 16 heavy (non-hydrogen) atoms. The normalized spacial score (nSPS) is 45.4. The molecule has 0 aromatic heterocycles. The van der Waals surface area contributed by atoms with Crippen LogP contribution in [-0.2, 0) is 0 Å². The van der Waals surface area contributed by atoms with Gasteiger partial charge in [0.05, 0.1) is 0 Å². The van der Waals surface area contributed by atoms with E-state index in [1.54, 1.807) is 0 Å². The van der Waals surface area contributed by atoms with Crippen LogP contribution in [0.15, 0.2) is 0 Å². The number of nitrogens with one attached hydrogen (secondary N) is 1. The zero-order chi connectivity index (χ0) is 11.7. The van der Waals surface area contributed by atoms with Crippen molar-refractivity contribution in [1.82, 2.24) is 5.32 Å². The highest BCUT2D eigenvalue weighted by molar-refractivity contribution is 4.91. The van der Waals surface area contributed by atoms with Crippen LogP contribution < -0.4 is 5.32 Å². The average molecular weight is 223 g/mol. The first-order valence-corrected chi connectivity index (χ1v) is 7.37. The van der Waals surface area contributed by atoms with Crippen molar-refractivity contribution in [3.05, 3.63) is 0 Å². The summed E-state index contributed by atoms with van der Waals surface area (Å²) in [4.78, 5) is 0. The third kappa shape index (κ3) is 2.45.